The topological polar surface area (TPSA) is 84.3 Å². The summed E-state index contributed by atoms with van der Waals surface area (Å²) in [7, 11) is 3.92. The first-order chi connectivity index (χ1) is 16.3. The molecule has 0 bridgehead atoms. The normalized spacial score (nSPS) is 20.0. The zero-order chi connectivity index (χ0) is 24.5. The van der Waals surface area contributed by atoms with E-state index in [1.54, 1.807) is 22.1 Å². The van der Waals surface area contributed by atoms with Crippen LogP contribution in [0.2, 0.25) is 5.02 Å². The maximum absolute atomic E-state index is 13.8. The summed E-state index contributed by atoms with van der Waals surface area (Å²) >= 11 is 8.18. The first kappa shape index (κ1) is 24.7. The number of thiazole rings is 1. The predicted molar refractivity (Wildman–Crippen MR) is 139 cm³/mol. The van der Waals surface area contributed by atoms with E-state index in [0.717, 1.165) is 16.3 Å². The van der Waals surface area contributed by atoms with Gasteiger partial charge < -0.3 is 20.3 Å². The number of halogens is 1. The van der Waals surface area contributed by atoms with E-state index in [2.05, 4.69) is 15.6 Å². The second kappa shape index (κ2) is 10.0. The average molecular weight is 503 g/mol. The molecule has 0 spiro atoms. The van der Waals surface area contributed by atoms with Crippen molar-refractivity contribution in [1.82, 2.24) is 19.9 Å². The van der Waals surface area contributed by atoms with E-state index < -0.39 is 5.54 Å². The van der Waals surface area contributed by atoms with E-state index in [9.17, 15) is 4.79 Å². The standard InChI is InChI=1S/C24H31ClN6O2S/c1-6-31-21(17-9-8-16(30(4)5)12-18(17)25)28-15(3)20(22(31)32)29-24(23-27-10-11-34-23)14-26-13-19(24)33-7-2/h8-12,19,26,29H,6-7,13-14H2,1-5H3/t19-,24+/m0/s1. The highest BCUT2D eigenvalue weighted by molar-refractivity contribution is 7.09. The van der Waals surface area contributed by atoms with Gasteiger partial charge in [0.05, 0.1) is 10.7 Å². The zero-order valence-corrected chi connectivity index (χ0v) is 21.8. The fourth-order valence-corrected chi connectivity index (χ4v) is 5.51. The number of anilines is 2. The van der Waals surface area contributed by atoms with Gasteiger partial charge in [0.15, 0.2) is 0 Å². The minimum Gasteiger partial charge on any atom is -0.378 e. The van der Waals surface area contributed by atoms with E-state index in [4.69, 9.17) is 21.3 Å². The maximum Gasteiger partial charge on any atom is 0.277 e. The summed E-state index contributed by atoms with van der Waals surface area (Å²) in [6.07, 6.45) is 1.60. The smallest absolute Gasteiger partial charge is 0.277 e. The largest absolute Gasteiger partial charge is 0.378 e. The molecule has 0 aliphatic carbocycles. The third-order valence-electron chi connectivity index (χ3n) is 6.19. The van der Waals surface area contributed by atoms with Gasteiger partial charge in [0.1, 0.15) is 28.2 Å². The van der Waals surface area contributed by atoms with Crippen molar-refractivity contribution in [2.24, 2.45) is 0 Å². The van der Waals surface area contributed by atoms with Crippen molar-refractivity contribution < 1.29 is 4.74 Å². The van der Waals surface area contributed by atoms with Crippen LogP contribution in [0, 0.1) is 6.92 Å². The molecule has 0 radical (unpaired) electrons. The molecule has 1 aromatic carbocycles. The third kappa shape index (κ3) is 4.33. The van der Waals surface area contributed by atoms with Crippen LogP contribution in [0.3, 0.4) is 0 Å². The van der Waals surface area contributed by atoms with Gasteiger partial charge in [-0.3, -0.25) is 9.36 Å². The molecule has 3 heterocycles. The van der Waals surface area contributed by atoms with Crippen molar-refractivity contribution in [3.05, 3.63) is 55.9 Å². The van der Waals surface area contributed by atoms with Gasteiger partial charge in [-0.05, 0) is 39.0 Å². The van der Waals surface area contributed by atoms with Gasteiger partial charge in [-0.1, -0.05) is 11.6 Å². The van der Waals surface area contributed by atoms with E-state index in [0.29, 0.717) is 48.5 Å². The average Bonchev–Trinajstić information content (AvgIpc) is 3.48. The fraction of sp³-hybridized carbons (Fsp3) is 0.458. The van der Waals surface area contributed by atoms with Gasteiger partial charge in [0, 0.05) is 63.2 Å². The molecule has 182 valence electrons. The SMILES string of the molecule is CCO[C@H]1CNC[C@]1(Nc1c(C)nc(-c2ccc(N(C)C)cc2Cl)n(CC)c1=O)c1nccs1. The molecule has 2 N–H and O–H groups in total. The van der Waals surface area contributed by atoms with Crippen molar-refractivity contribution in [1.29, 1.82) is 0 Å². The minimum atomic E-state index is -0.659. The van der Waals surface area contributed by atoms with E-state index in [1.165, 1.54) is 0 Å². The maximum atomic E-state index is 13.8. The first-order valence-corrected chi connectivity index (χ1v) is 12.7. The number of hydrogen-bond donors (Lipinski definition) is 2. The molecule has 2 aromatic heterocycles. The molecule has 0 amide bonds. The summed E-state index contributed by atoms with van der Waals surface area (Å²) in [5, 5.41) is 10.3. The number of aryl methyl sites for hydroxylation is 1. The molecule has 2 atom stereocenters. The van der Waals surface area contributed by atoms with Crippen LogP contribution >= 0.6 is 22.9 Å². The van der Waals surface area contributed by atoms with Crippen LogP contribution in [-0.2, 0) is 16.8 Å². The highest BCUT2D eigenvalue weighted by atomic mass is 35.5. The lowest BCUT2D eigenvalue weighted by Crippen LogP contribution is -2.49. The van der Waals surface area contributed by atoms with E-state index in [1.807, 2.05) is 63.3 Å². The Hall–Kier alpha value is -2.46. The number of hydrogen-bond acceptors (Lipinski definition) is 8. The molecule has 1 aliphatic rings. The molecule has 0 unspecified atom stereocenters. The van der Waals surface area contributed by atoms with Crippen LogP contribution in [-0.4, -0.2) is 54.4 Å². The quantitative estimate of drug-likeness (QED) is 0.485. The monoisotopic (exact) mass is 502 g/mol. The lowest BCUT2D eigenvalue weighted by atomic mass is 9.95. The second-order valence-corrected chi connectivity index (χ2v) is 9.81. The highest BCUT2D eigenvalue weighted by Gasteiger charge is 2.48. The van der Waals surface area contributed by atoms with Gasteiger partial charge in [-0.25, -0.2) is 9.97 Å². The summed E-state index contributed by atoms with van der Waals surface area (Å²) in [5.41, 5.74) is 1.97. The Bertz CT molecular complexity index is 1210. The second-order valence-electron chi connectivity index (χ2n) is 8.51. The van der Waals surface area contributed by atoms with Crippen LogP contribution in [0.5, 0.6) is 0 Å². The lowest BCUT2D eigenvalue weighted by Gasteiger charge is -2.34. The Balaban J connectivity index is 1.82. The molecule has 0 saturated carbocycles. The van der Waals surface area contributed by atoms with Gasteiger partial charge in [-0.2, -0.15) is 0 Å². The molecule has 34 heavy (non-hydrogen) atoms. The van der Waals surface area contributed by atoms with Crippen LogP contribution in [0.15, 0.2) is 34.6 Å². The highest BCUT2D eigenvalue weighted by Crippen LogP contribution is 2.36. The van der Waals surface area contributed by atoms with Crippen molar-refractivity contribution in [2.45, 2.75) is 39.0 Å². The number of benzene rings is 1. The van der Waals surface area contributed by atoms with Crippen LogP contribution in [0.4, 0.5) is 11.4 Å². The number of aromatic nitrogens is 3. The molecule has 1 saturated heterocycles. The van der Waals surface area contributed by atoms with Crippen molar-refractivity contribution in [2.75, 3.05) is 44.0 Å². The fourth-order valence-electron chi connectivity index (χ4n) is 4.42. The Morgan fingerprint density at radius 2 is 2.18 bits per heavy atom. The minimum absolute atomic E-state index is 0.143. The summed E-state index contributed by atoms with van der Waals surface area (Å²) in [6.45, 7) is 8.04. The van der Waals surface area contributed by atoms with Crippen molar-refractivity contribution >= 4 is 34.3 Å². The molecular weight excluding hydrogens is 472 g/mol. The van der Waals surface area contributed by atoms with Gasteiger partial charge >= 0.3 is 0 Å². The summed E-state index contributed by atoms with van der Waals surface area (Å²) in [5.74, 6) is 0.556. The van der Waals surface area contributed by atoms with Crippen LogP contribution < -0.4 is 21.1 Å². The third-order valence-corrected chi connectivity index (χ3v) is 7.45. The zero-order valence-electron chi connectivity index (χ0n) is 20.2. The van der Waals surface area contributed by atoms with Gasteiger partial charge in [-0.15, -0.1) is 11.3 Å². The van der Waals surface area contributed by atoms with Crippen molar-refractivity contribution in [3.8, 4) is 11.4 Å². The Morgan fingerprint density at radius 3 is 2.79 bits per heavy atom. The molecule has 1 fully saturated rings. The van der Waals surface area contributed by atoms with Crippen molar-refractivity contribution in [3.63, 3.8) is 0 Å². The van der Waals surface area contributed by atoms with Crippen LogP contribution in [0.25, 0.3) is 11.4 Å². The summed E-state index contributed by atoms with van der Waals surface area (Å²) < 4.78 is 7.75. The molecule has 4 rings (SSSR count). The van der Waals surface area contributed by atoms with Gasteiger partial charge in [0.2, 0.25) is 0 Å². The van der Waals surface area contributed by atoms with E-state index >= 15 is 0 Å². The number of ether oxygens (including phenoxy) is 1. The predicted octanol–water partition coefficient (Wildman–Crippen LogP) is 3.73. The first-order valence-electron chi connectivity index (χ1n) is 11.4. The Morgan fingerprint density at radius 1 is 1.38 bits per heavy atom. The Labute approximate surface area is 209 Å². The van der Waals surface area contributed by atoms with E-state index in [-0.39, 0.29) is 11.7 Å². The molecule has 3 aromatic rings. The lowest BCUT2D eigenvalue weighted by molar-refractivity contribution is 0.0396. The Kier molecular flexibility index (Phi) is 7.28. The molecular formula is C24H31ClN6O2S. The summed E-state index contributed by atoms with van der Waals surface area (Å²) in [4.78, 5) is 25.2. The number of nitrogens with zero attached hydrogens (tertiary/aromatic N) is 4. The van der Waals surface area contributed by atoms with Gasteiger partial charge in [0.25, 0.3) is 5.56 Å². The molecule has 8 nitrogen and oxygen atoms in total. The molecule has 10 heteroatoms. The number of nitrogens with one attached hydrogen (secondary N) is 2. The summed E-state index contributed by atoms with van der Waals surface area (Å²) in [6, 6.07) is 5.78. The molecule has 1 aliphatic heterocycles. The van der Waals surface area contributed by atoms with Crippen LogP contribution in [0.1, 0.15) is 24.5 Å². The number of rotatable bonds is 8.